The Labute approximate surface area is 113 Å². The average molecular weight is 256 g/mol. The van der Waals surface area contributed by atoms with Crippen molar-refractivity contribution < 1.29 is 4.74 Å². The number of ether oxygens (including phenoxy) is 1. The van der Waals surface area contributed by atoms with Crippen molar-refractivity contribution in [3.8, 4) is 0 Å². The van der Waals surface area contributed by atoms with E-state index >= 15 is 0 Å². The lowest BCUT2D eigenvalue weighted by Crippen LogP contribution is -2.40. The van der Waals surface area contributed by atoms with Gasteiger partial charge >= 0.3 is 0 Å². The molecule has 0 aromatic carbocycles. The van der Waals surface area contributed by atoms with Gasteiger partial charge in [0.1, 0.15) is 0 Å². The number of rotatable bonds is 7. The highest BCUT2D eigenvalue weighted by Crippen LogP contribution is 2.06. The third kappa shape index (κ3) is 7.34. The van der Waals surface area contributed by atoms with Crippen molar-refractivity contribution in [2.75, 3.05) is 39.4 Å². The molecule has 1 fully saturated rings. The molecule has 108 valence electrons. The van der Waals surface area contributed by atoms with Crippen LogP contribution in [0.5, 0.6) is 0 Å². The van der Waals surface area contributed by atoms with Crippen molar-refractivity contribution >= 4 is 0 Å². The van der Waals surface area contributed by atoms with Gasteiger partial charge in [0.2, 0.25) is 0 Å². The topological polar surface area (TPSA) is 24.5 Å². The summed E-state index contributed by atoms with van der Waals surface area (Å²) in [6.07, 6.45) is 5.01. The molecule has 1 rings (SSSR count). The molecule has 0 bridgehead atoms. The quantitative estimate of drug-likeness (QED) is 0.708. The molecule has 0 aromatic heterocycles. The molecule has 1 atom stereocenters. The summed E-state index contributed by atoms with van der Waals surface area (Å²) in [5.74, 6) is 0.656. The Kier molecular flexibility index (Phi) is 8.64. The van der Waals surface area contributed by atoms with Crippen LogP contribution in [0.2, 0.25) is 0 Å². The molecule has 0 aliphatic carbocycles. The summed E-state index contributed by atoms with van der Waals surface area (Å²) in [5, 5.41) is 3.63. The van der Waals surface area contributed by atoms with Crippen LogP contribution in [0.4, 0.5) is 0 Å². The molecule has 0 aromatic rings. The number of nitrogens with zero attached hydrogens (tertiary/aromatic N) is 1. The molecule has 0 radical (unpaired) electrons. The van der Waals surface area contributed by atoms with Crippen LogP contribution in [0.1, 0.15) is 46.5 Å². The highest BCUT2D eigenvalue weighted by Gasteiger charge is 2.12. The Morgan fingerprint density at radius 1 is 1.33 bits per heavy atom. The van der Waals surface area contributed by atoms with E-state index in [4.69, 9.17) is 4.74 Å². The summed E-state index contributed by atoms with van der Waals surface area (Å²) in [7, 11) is 0. The Bertz CT molecular complexity index is 197. The van der Waals surface area contributed by atoms with E-state index in [9.17, 15) is 0 Å². The van der Waals surface area contributed by atoms with Crippen molar-refractivity contribution in [2.24, 2.45) is 5.92 Å². The molecule has 1 heterocycles. The molecular weight excluding hydrogens is 224 g/mol. The highest BCUT2D eigenvalue weighted by molar-refractivity contribution is 4.72. The van der Waals surface area contributed by atoms with Crippen LogP contribution in [0, 0.1) is 5.92 Å². The van der Waals surface area contributed by atoms with Crippen LogP contribution in [0.15, 0.2) is 0 Å². The third-order valence-corrected chi connectivity index (χ3v) is 3.58. The Morgan fingerprint density at radius 3 is 2.89 bits per heavy atom. The molecule has 0 saturated carbocycles. The molecule has 3 heteroatoms. The third-order valence-electron chi connectivity index (χ3n) is 3.58. The number of nitrogens with one attached hydrogen (secondary N) is 1. The predicted octanol–water partition coefficient (Wildman–Crippen LogP) is 2.51. The second kappa shape index (κ2) is 9.76. The molecule has 0 amide bonds. The first-order chi connectivity index (χ1) is 8.72. The second-order valence-electron chi connectivity index (χ2n) is 5.87. The molecule has 1 saturated heterocycles. The summed E-state index contributed by atoms with van der Waals surface area (Å²) >= 11 is 0. The molecule has 1 aliphatic heterocycles. The molecular formula is C15H32N2O. The zero-order valence-corrected chi connectivity index (χ0v) is 12.6. The van der Waals surface area contributed by atoms with E-state index in [1.54, 1.807) is 0 Å². The molecule has 1 aliphatic rings. The second-order valence-corrected chi connectivity index (χ2v) is 5.87. The lowest BCUT2D eigenvalue weighted by atomic mass is 10.1. The minimum absolute atomic E-state index is 0.656. The summed E-state index contributed by atoms with van der Waals surface area (Å²) in [4.78, 5) is 2.61. The van der Waals surface area contributed by atoms with Gasteiger partial charge in [0.25, 0.3) is 0 Å². The van der Waals surface area contributed by atoms with Gasteiger partial charge in [0.15, 0.2) is 0 Å². The van der Waals surface area contributed by atoms with Gasteiger partial charge in [-0.25, -0.2) is 0 Å². The maximum Gasteiger partial charge on any atom is 0.0489 e. The first-order valence-corrected chi connectivity index (χ1v) is 7.75. The fourth-order valence-electron chi connectivity index (χ4n) is 2.44. The normalized spacial score (nSPS) is 23.0. The Morgan fingerprint density at radius 2 is 2.17 bits per heavy atom. The van der Waals surface area contributed by atoms with Gasteiger partial charge in [-0.15, -0.1) is 0 Å². The van der Waals surface area contributed by atoms with Crippen LogP contribution in [-0.4, -0.2) is 50.3 Å². The maximum atomic E-state index is 5.65. The maximum absolute atomic E-state index is 5.65. The van der Waals surface area contributed by atoms with E-state index < -0.39 is 0 Å². The van der Waals surface area contributed by atoms with E-state index in [0.717, 1.165) is 19.3 Å². The molecule has 1 unspecified atom stereocenters. The van der Waals surface area contributed by atoms with Gasteiger partial charge in [-0.2, -0.15) is 0 Å². The smallest absolute Gasteiger partial charge is 0.0489 e. The first kappa shape index (κ1) is 15.9. The van der Waals surface area contributed by atoms with Crippen molar-refractivity contribution in [1.82, 2.24) is 10.2 Å². The molecule has 18 heavy (non-hydrogen) atoms. The lowest BCUT2D eigenvalue weighted by molar-refractivity contribution is 0.0977. The average Bonchev–Trinajstić information content (AvgIpc) is 2.31. The van der Waals surface area contributed by atoms with Gasteiger partial charge in [0.05, 0.1) is 0 Å². The molecule has 0 spiro atoms. The van der Waals surface area contributed by atoms with Gasteiger partial charge in [-0.3, -0.25) is 0 Å². The van der Waals surface area contributed by atoms with Gasteiger partial charge < -0.3 is 15.0 Å². The van der Waals surface area contributed by atoms with Crippen LogP contribution >= 0.6 is 0 Å². The minimum atomic E-state index is 0.656. The van der Waals surface area contributed by atoms with Crippen LogP contribution in [-0.2, 0) is 4.74 Å². The fourth-order valence-corrected chi connectivity index (χ4v) is 2.44. The zero-order chi connectivity index (χ0) is 13.2. The first-order valence-electron chi connectivity index (χ1n) is 7.75. The van der Waals surface area contributed by atoms with Gasteiger partial charge in [-0.1, -0.05) is 20.8 Å². The van der Waals surface area contributed by atoms with E-state index in [1.165, 1.54) is 51.9 Å². The minimum Gasteiger partial charge on any atom is -0.381 e. The lowest BCUT2D eigenvalue weighted by Gasteiger charge is -2.28. The Balaban J connectivity index is 2.08. The fraction of sp³-hybridized carbons (Fsp3) is 1.00. The SMILES string of the molecule is CCC1CCN(CCCOCC(C)C)CCCN1. The van der Waals surface area contributed by atoms with Crippen LogP contribution in [0.25, 0.3) is 0 Å². The van der Waals surface area contributed by atoms with Gasteiger partial charge in [-0.05, 0) is 51.2 Å². The number of hydrogen-bond acceptors (Lipinski definition) is 3. The summed E-state index contributed by atoms with van der Waals surface area (Å²) in [5.41, 5.74) is 0. The standard InChI is InChI=1S/C15H32N2O/c1-4-15-7-11-17(9-5-8-16-15)10-6-12-18-13-14(2)3/h14-16H,4-13H2,1-3H3. The highest BCUT2D eigenvalue weighted by atomic mass is 16.5. The zero-order valence-electron chi connectivity index (χ0n) is 12.6. The largest absolute Gasteiger partial charge is 0.381 e. The van der Waals surface area contributed by atoms with Crippen molar-refractivity contribution in [1.29, 1.82) is 0 Å². The van der Waals surface area contributed by atoms with E-state index in [1.807, 2.05) is 0 Å². The predicted molar refractivity (Wildman–Crippen MR) is 78.0 cm³/mol. The van der Waals surface area contributed by atoms with Crippen molar-refractivity contribution in [3.05, 3.63) is 0 Å². The summed E-state index contributed by atoms with van der Waals surface area (Å²) < 4.78 is 5.65. The number of hydrogen-bond donors (Lipinski definition) is 1. The van der Waals surface area contributed by atoms with E-state index in [-0.39, 0.29) is 0 Å². The van der Waals surface area contributed by atoms with Crippen molar-refractivity contribution in [3.63, 3.8) is 0 Å². The molecule has 3 nitrogen and oxygen atoms in total. The van der Waals surface area contributed by atoms with Crippen LogP contribution in [0.3, 0.4) is 0 Å². The van der Waals surface area contributed by atoms with E-state index in [0.29, 0.717) is 5.92 Å². The van der Waals surface area contributed by atoms with Crippen molar-refractivity contribution in [2.45, 2.75) is 52.5 Å². The van der Waals surface area contributed by atoms with Crippen LogP contribution < -0.4 is 5.32 Å². The molecule has 1 N–H and O–H groups in total. The van der Waals surface area contributed by atoms with E-state index in [2.05, 4.69) is 31.0 Å². The monoisotopic (exact) mass is 256 g/mol. The summed E-state index contributed by atoms with van der Waals surface area (Å²) in [6, 6.07) is 0.727. The Hall–Kier alpha value is -0.120. The summed E-state index contributed by atoms with van der Waals surface area (Å²) in [6.45, 7) is 13.4. The van der Waals surface area contributed by atoms with Gasteiger partial charge in [0, 0.05) is 25.8 Å².